The van der Waals surface area contributed by atoms with E-state index in [1.807, 2.05) is 0 Å². The van der Waals surface area contributed by atoms with E-state index in [1.165, 1.54) is 24.3 Å². The maximum atomic E-state index is 10.1. The van der Waals surface area contributed by atoms with Gasteiger partial charge in [-0.1, -0.05) is 12.1 Å². The van der Waals surface area contributed by atoms with E-state index in [4.69, 9.17) is 5.11 Å². The molecular weight excluding hydrogens is 351 g/mol. The first-order valence-electron chi connectivity index (χ1n) is 2.64. The fourth-order valence-electron chi connectivity index (χ4n) is 0.619. The van der Waals surface area contributed by atoms with Gasteiger partial charge < -0.3 is 10.6 Å². The van der Waals surface area contributed by atoms with Crippen LogP contribution < -0.4 is 0 Å². The minimum Gasteiger partial charge on any atom is -0.502 e. The van der Waals surface area contributed by atoms with Crippen molar-refractivity contribution in [1.82, 2.24) is 0 Å². The van der Waals surface area contributed by atoms with Crippen molar-refractivity contribution in [3.8, 4) is 5.75 Å². The Morgan fingerprint density at radius 1 is 1.33 bits per heavy atom. The standard InChI is InChI=1S/C6H5NO3.Hg.H2O/c8-6-4-2-1-3-5(6)7(9)10;;/h1-4,8H;;1H2/q;+1;. The summed E-state index contributed by atoms with van der Waals surface area (Å²) in [6, 6.07) is 5.55. The second kappa shape index (κ2) is 5.90. The molecular formula is C6H7HgNO4+. The molecule has 0 aromatic heterocycles. The van der Waals surface area contributed by atoms with E-state index < -0.39 is 4.92 Å². The molecule has 0 saturated heterocycles. The van der Waals surface area contributed by atoms with E-state index in [9.17, 15) is 10.1 Å². The van der Waals surface area contributed by atoms with Crippen molar-refractivity contribution in [3.05, 3.63) is 34.4 Å². The van der Waals surface area contributed by atoms with Crippen molar-refractivity contribution in [2.75, 3.05) is 0 Å². The summed E-state index contributed by atoms with van der Waals surface area (Å²) < 4.78 is 0. The number of phenols is 1. The summed E-state index contributed by atoms with van der Waals surface area (Å²) in [7, 11) is 0. The number of benzene rings is 1. The number of rotatable bonds is 1. The van der Waals surface area contributed by atoms with Crippen LogP contribution in [-0.2, 0) is 27.7 Å². The molecule has 0 fully saturated rings. The summed E-state index contributed by atoms with van der Waals surface area (Å²) in [6.07, 6.45) is 0. The van der Waals surface area contributed by atoms with E-state index in [0.29, 0.717) is 0 Å². The Balaban J connectivity index is 0. The Bertz CT molecular complexity index is 265. The number of nitro groups is 1. The molecule has 61 valence electrons. The van der Waals surface area contributed by atoms with Crippen LogP contribution in [0.5, 0.6) is 5.75 Å². The van der Waals surface area contributed by atoms with Gasteiger partial charge in [0.1, 0.15) is 0 Å². The Morgan fingerprint density at radius 3 is 2.17 bits per heavy atom. The quantitative estimate of drug-likeness (QED) is 0.450. The molecule has 12 heavy (non-hydrogen) atoms. The molecule has 1 aromatic carbocycles. The molecule has 0 saturated carbocycles. The molecule has 0 bridgehead atoms. The number of hydrogen-bond donors (Lipinski definition) is 1. The van der Waals surface area contributed by atoms with Crippen molar-refractivity contribution < 1.29 is 43.2 Å². The van der Waals surface area contributed by atoms with Gasteiger partial charge >= 0.3 is 33.4 Å². The molecule has 3 N–H and O–H groups in total. The summed E-state index contributed by atoms with van der Waals surface area (Å²) >= 11 is 0. The zero-order valence-electron chi connectivity index (χ0n) is 6.23. The van der Waals surface area contributed by atoms with Crippen molar-refractivity contribution in [2.45, 2.75) is 0 Å². The second-order valence-corrected chi connectivity index (χ2v) is 1.75. The normalized spacial score (nSPS) is 7.67. The predicted octanol–water partition coefficient (Wildman–Crippen LogP) is 0.473. The number of hydrogen-bond acceptors (Lipinski definition) is 3. The molecule has 1 aromatic rings. The third-order valence-electron chi connectivity index (χ3n) is 1.08. The topological polar surface area (TPSA) is 94.9 Å². The molecule has 0 amide bonds. The Labute approximate surface area is 89.0 Å². The first-order chi connectivity index (χ1) is 4.72. The van der Waals surface area contributed by atoms with Crippen LogP contribution in [0, 0.1) is 10.1 Å². The molecule has 0 unspecified atom stereocenters. The fourth-order valence-corrected chi connectivity index (χ4v) is 0.619. The molecule has 0 heterocycles. The van der Waals surface area contributed by atoms with Crippen LogP contribution in [-0.4, -0.2) is 15.5 Å². The number of nitrogens with zero attached hydrogens (tertiary/aromatic N) is 1. The van der Waals surface area contributed by atoms with E-state index >= 15 is 0 Å². The summed E-state index contributed by atoms with van der Waals surface area (Å²) in [5, 5.41) is 18.9. The largest absolute Gasteiger partial charge is 1.00 e. The van der Waals surface area contributed by atoms with Crippen molar-refractivity contribution >= 4 is 5.69 Å². The van der Waals surface area contributed by atoms with Gasteiger partial charge in [-0.15, -0.1) is 0 Å². The smallest absolute Gasteiger partial charge is 0.502 e. The van der Waals surface area contributed by atoms with Gasteiger partial charge in [0, 0.05) is 6.07 Å². The van der Waals surface area contributed by atoms with Crippen LogP contribution in [0.15, 0.2) is 24.3 Å². The van der Waals surface area contributed by atoms with Crippen LogP contribution in [0.4, 0.5) is 5.69 Å². The van der Waals surface area contributed by atoms with Crippen LogP contribution in [0.25, 0.3) is 0 Å². The van der Waals surface area contributed by atoms with Gasteiger partial charge in [0.25, 0.3) is 0 Å². The van der Waals surface area contributed by atoms with Gasteiger partial charge in [0.15, 0.2) is 5.75 Å². The Kier molecular flexibility index (Phi) is 6.82. The van der Waals surface area contributed by atoms with E-state index in [-0.39, 0.29) is 44.6 Å². The van der Waals surface area contributed by atoms with Crippen LogP contribution in [0.2, 0.25) is 0 Å². The number of phenolic OH excluding ortho intramolecular Hbond substituents is 1. The summed E-state index contributed by atoms with van der Waals surface area (Å²) in [6.45, 7) is 0. The van der Waals surface area contributed by atoms with Gasteiger partial charge in [-0.05, 0) is 6.07 Å². The van der Waals surface area contributed by atoms with E-state index in [0.717, 1.165) is 0 Å². The predicted molar refractivity (Wildman–Crippen MR) is 38.4 cm³/mol. The molecule has 0 atom stereocenters. The molecule has 6 heteroatoms. The Hall–Kier alpha value is -0.685. The minimum absolute atomic E-state index is 0. The van der Waals surface area contributed by atoms with Gasteiger partial charge in [-0.2, -0.15) is 0 Å². The minimum atomic E-state index is -0.630. The first kappa shape index (κ1) is 13.9. The summed E-state index contributed by atoms with van der Waals surface area (Å²) in [5.41, 5.74) is -0.262. The molecule has 0 spiro atoms. The number of para-hydroxylation sites is 2. The van der Waals surface area contributed by atoms with Gasteiger partial charge in [-0.3, -0.25) is 10.1 Å². The molecule has 1 rings (SSSR count). The van der Waals surface area contributed by atoms with Gasteiger partial charge in [0.05, 0.1) is 4.92 Å². The SMILES string of the molecule is O.O=[N+]([O-])c1ccccc1O.[Hg+]. The average molecular weight is 358 g/mol. The maximum absolute atomic E-state index is 10.1. The molecule has 0 aliphatic carbocycles. The summed E-state index contributed by atoms with van der Waals surface area (Å²) in [4.78, 5) is 9.44. The second-order valence-electron chi connectivity index (χ2n) is 1.75. The van der Waals surface area contributed by atoms with E-state index in [1.54, 1.807) is 0 Å². The third-order valence-corrected chi connectivity index (χ3v) is 1.08. The van der Waals surface area contributed by atoms with Crippen LogP contribution >= 0.6 is 0 Å². The zero-order chi connectivity index (χ0) is 7.56. The first-order valence-corrected chi connectivity index (χ1v) is 2.64. The van der Waals surface area contributed by atoms with Crippen LogP contribution in [0.3, 0.4) is 0 Å². The average Bonchev–Trinajstić information content (AvgIpc) is 1.88. The van der Waals surface area contributed by atoms with E-state index in [2.05, 4.69) is 0 Å². The summed E-state index contributed by atoms with van der Waals surface area (Å²) in [5.74, 6) is -0.299. The van der Waals surface area contributed by atoms with Crippen LogP contribution in [0.1, 0.15) is 0 Å². The number of nitro benzene ring substituents is 1. The molecule has 5 nitrogen and oxygen atoms in total. The molecule has 0 aliphatic rings. The monoisotopic (exact) mass is 359 g/mol. The maximum Gasteiger partial charge on any atom is 1.00 e. The molecule has 0 aliphatic heterocycles. The van der Waals surface area contributed by atoms with Gasteiger partial charge in [-0.25, -0.2) is 0 Å². The zero-order valence-corrected chi connectivity index (χ0v) is 11.7. The number of aromatic hydroxyl groups is 1. The van der Waals surface area contributed by atoms with Gasteiger partial charge in [0.2, 0.25) is 0 Å². The van der Waals surface area contributed by atoms with Crippen molar-refractivity contribution in [2.24, 2.45) is 0 Å². The molecule has 1 radical (unpaired) electrons. The fraction of sp³-hybridized carbons (Fsp3) is 0. The van der Waals surface area contributed by atoms with Crippen molar-refractivity contribution in [3.63, 3.8) is 0 Å². The third kappa shape index (κ3) is 3.14. The Morgan fingerprint density at radius 2 is 1.83 bits per heavy atom. The van der Waals surface area contributed by atoms with Crippen molar-refractivity contribution in [1.29, 1.82) is 0 Å².